The van der Waals surface area contributed by atoms with E-state index in [0.717, 1.165) is 0 Å². The van der Waals surface area contributed by atoms with Crippen LogP contribution < -0.4 is 5.48 Å². The zero-order valence-corrected chi connectivity index (χ0v) is 7.18. The van der Waals surface area contributed by atoms with Crippen LogP contribution >= 0.6 is 0 Å². The molecule has 0 fully saturated rings. The summed E-state index contributed by atoms with van der Waals surface area (Å²) in [6.45, 7) is 1.33. The molecule has 0 radical (unpaired) electrons. The van der Waals surface area contributed by atoms with E-state index in [9.17, 15) is 18.4 Å². The Morgan fingerprint density at radius 3 is 2.50 bits per heavy atom. The summed E-state index contributed by atoms with van der Waals surface area (Å²) in [5, 5.41) is 0. The van der Waals surface area contributed by atoms with Gasteiger partial charge in [0.2, 0.25) is 5.91 Å². The molecule has 0 saturated carbocycles. The molecule has 12 heavy (non-hydrogen) atoms. The first kappa shape index (κ1) is 11.2. The van der Waals surface area contributed by atoms with Crippen LogP contribution in [0.5, 0.6) is 0 Å². The average Bonchev–Trinajstić information content (AvgIpc) is 1.96. The van der Waals surface area contributed by atoms with E-state index in [-0.39, 0.29) is 18.6 Å². The molecule has 1 N–H and O–H groups in total. The maximum absolute atomic E-state index is 10.6. The van der Waals surface area contributed by atoms with E-state index in [4.69, 9.17) is 0 Å². The van der Waals surface area contributed by atoms with Crippen LogP contribution in [0, 0.1) is 0 Å². The fourth-order valence-corrected chi connectivity index (χ4v) is 0.582. The van der Waals surface area contributed by atoms with Gasteiger partial charge in [-0.25, -0.2) is 9.69 Å². The molecule has 0 bridgehead atoms. The standard InChI is InChI=1S/C5H9NO5S/c1-4(7)2-3-5(8)6-11-12(9)10/h2-3H2,1H3,(H,6,8)(H,9,10)/p-1. The topological polar surface area (TPSA) is 95.5 Å². The normalized spacial score (nSPS) is 12.2. The first-order valence-electron chi connectivity index (χ1n) is 3.07. The zero-order valence-electron chi connectivity index (χ0n) is 6.36. The maximum atomic E-state index is 10.6. The van der Waals surface area contributed by atoms with Crippen LogP contribution in [0.1, 0.15) is 19.8 Å². The number of hydrogen-bond acceptors (Lipinski definition) is 5. The monoisotopic (exact) mass is 194 g/mol. The first-order chi connectivity index (χ1) is 5.52. The molecule has 0 saturated heterocycles. The Labute approximate surface area is 71.7 Å². The Hall–Kier alpha value is -0.790. The van der Waals surface area contributed by atoms with Gasteiger partial charge in [-0.2, -0.15) is 4.28 Å². The van der Waals surface area contributed by atoms with Crippen LogP contribution in [0.4, 0.5) is 0 Å². The van der Waals surface area contributed by atoms with Gasteiger partial charge in [0.15, 0.2) is 0 Å². The Morgan fingerprint density at radius 2 is 2.08 bits per heavy atom. The summed E-state index contributed by atoms with van der Waals surface area (Å²) in [4.78, 5) is 20.9. The van der Waals surface area contributed by atoms with Crippen molar-refractivity contribution in [2.24, 2.45) is 0 Å². The molecule has 0 spiro atoms. The Morgan fingerprint density at radius 1 is 1.50 bits per heavy atom. The number of carbonyl (C=O) groups excluding carboxylic acids is 2. The largest absolute Gasteiger partial charge is 0.748 e. The van der Waals surface area contributed by atoms with Crippen LogP contribution in [0.2, 0.25) is 0 Å². The van der Waals surface area contributed by atoms with E-state index < -0.39 is 17.3 Å². The molecular formula is C5H8NO5S-. The minimum absolute atomic E-state index is 0.0701. The highest BCUT2D eigenvalue weighted by atomic mass is 32.2. The third kappa shape index (κ3) is 7.32. The highest BCUT2D eigenvalue weighted by molar-refractivity contribution is 7.74. The second-order valence-corrected chi connectivity index (χ2v) is 2.59. The van der Waals surface area contributed by atoms with Crippen molar-refractivity contribution in [2.75, 3.05) is 0 Å². The fourth-order valence-electron chi connectivity index (χ4n) is 0.421. The molecule has 1 unspecified atom stereocenters. The average molecular weight is 194 g/mol. The molecule has 0 aliphatic carbocycles. The lowest BCUT2D eigenvalue weighted by Crippen LogP contribution is -2.24. The van der Waals surface area contributed by atoms with Crippen molar-refractivity contribution in [1.29, 1.82) is 0 Å². The number of Topliss-reactive ketones (excluding diaryl/α,β-unsaturated/α-hetero) is 1. The lowest BCUT2D eigenvalue weighted by atomic mass is 10.2. The van der Waals surface area contributed by atoms with Gasteiger partial charge in [-0.05, 0) is 6.92 Å². The number of nitrogens with one attached hydrogen (secondary N) is 1. The molecule has 6 nitrogen and oxygen atoms in total. The summed E-state index contributed by atoms with van der Waals surface area (Å²) in [5.41, 5.74) is 1.63. The number of amides is 1. The molecule has 1 amide bonds. The number of carbonyl (C=O) groups is 2. The number of ketones is 1. The summed E-state index contributed by atoms with van der Waals surface area (Å²) in [7, 11) is 0. The molecule has 70 valence electrons. The molecule has 7 heteroatoms. The molecule has 0 aliphatic rings. The van der Waals surface area contributed by atoms with Gasteiger partial charge >= 0.3 is 0 Å². The lowest BCUT2D eigenvalue weighted by molar-refractivity contribution is -0.129. The van der Waals surface area contributed by atoms with Crippen LogP contribution in [-0.4, -0.2) is 20.5 Å². The summed E-state index contributed by atoms with van der Waals surface area (Å²) >= 11 is -2.77. The van der Waals surface area contributed by atoms with E-state index in [1.165, 1.54) is 6.92 Å². The molecule has 1 atom stereocenters. The minimum Gasteiger partial charge on any atom is -0.748 e. The van der Waals surface area contributed by atoms with E-state index in [0.29, 0.717) is 0 Å². The highest BCUT2D eigenvalue weighted by Gasteiger charge is 2.02. The van der Waals surface area contributed by atoms with Gasteiger partial charge in [0.25, 0.3) is 0 Å². The van der Waals surface area contributed by atoms with Gasteiger partial charge in [-0.3, -0.25) is 4.79 Å². The van der Waals surface area contributed by atoms with E-state index in [1.54, 1.807) is 5.48 Å². The van der Waals surface area contributed by atoms with Crippen LogP contribution in [0.3, 0.4) is 0 Å². The van der Waals surface area contributed by atoms with Crippen LogP contribution in [0.25, 0.3) is 0 Å². The second kappa shape index (κ2) is 5.81. The molecule has 0 aromatic heterocycles. The number of hydrogen-bond donors (Lipinski definition) is 1. The summed E-state index contributed by atoms with van der Waals surface area (Å²) in [6.07, 6.45) is -0.00673. The van der Waals surface area contributed by atoms with Crippen LogP contribution in [-0.2, 0) is 25.2 Å². The van der Waals surface area contributed by atoms with Gasteiger partial charge in [-0.15, -0.1) is 0 Å². The van der Waals surface area contributed by atoms with Gasteiger partial charge in [0, 0.05) is 12.8 Å². The SMILES string of the molecule is CC(=O)CCC(=O)NOS(=O)[O-]. The van der Waals surface area contributed by atoms with E-state index >= 15 is 0 Å². The molecule has 0 aromatic carbocycles. The lowest BCUT2D eigenvalue weighted by Gasteiger charge is -2.05. The van der Waals surface area contributed by atoms with Crippen molar-refractivity contribution >= 4 is 23.1 Å². The first-order valence-corrected chi connectivity index (χ1v) is 4.07. The molecule has 0 heterocycles. The summed E-state index contributed by atoms with van der Waals surface area (Å²) in [6, 6.07) is 0. The third-order valence-corrected chi connectivity index (χ3v) is 1.15. The number of hydroxylamine groups is 1. The van der Waals surface area contributed by atoms with Crippen molar-refractivity contribution in [2.45, 2.75) is 19.8 Å². The smallest absolute Gasteiger partial charge is 0.244 e. The predicted octanol–water partition coefficient (Wildman–Crippen LogP) is -0.802. The quantitative estimate of drug-likeness (QED) is 0.456. The Balaban J connectivity index is 3.47. The van der Waals surface area contributed by atoms with Crippen molar-refractivity contribution < 1.29 is 22.6 Å². The molecular weight excluding hydrogens is 186 g/mol. The Bertz CT molecular complexity index is 184. The highest BCUT2D eigenvalue weighted by Crippen LogP contribution is 1.89. The van der Waals surface area contributed by atoms with Gasteiger partial charge in [0.05, 0.1) is 0 Å². The zero-order chi connectivity index (χ0) is 9.56. The summed E-state index contributed by atoms with van der Waals surface area (Å²) < 4.78 is 23.2. The summed E-state index contributed by atoms with van der Waals surface area (Å²) in [5.74, 6) is -0.789. The van der Waals surface area contributed by atoms with Crippen molar-refractivity contribution in [3.05, 3.63) is 0 Å². The molecule has 0 aliphatic heterocycles. The minimum atomic E-state index is -2.77. The van der Waals surface area contributed by atoms with Gasteiger partial charge in [-0.1, -0.05) is 0 Å². The van der Waals surface area contributed by atoms with Crippen LogP contribution in [0.15, 0.2) is 0 Å². The number of rotatable bonds is 5. The van der Waals surface area contributed by atoms with E-state index in [2.05, 4.69) is 4.28 Å². The maximum Gasteiger partial charge on any atom is 0.244 e. The third-order valence-electron chi connectivity index (χ3n) is 0.928. The fraction of sp³-hybridized carbons (Fsp3) is 0.600. The van der Waals surface area contributed by atoms with Gasteiger partial charge < -0.3 is 9.35 Å². The molecule has 0 rings (SSSR count). The van der Waals surface area contributed by atoms with Crippen molar-refractivity contribution in [3.8, 4) is 0 Å². The van der Waals surface area contributed by atoms with Crippen molar-refractivity contribution in [3.63, 3.8) is 0 Å². The van der Waals surface area contributed by atoms with Gasteiger partial charge in [0.1, 0.15) is 17.1 Å². The van der Waals surface area contributed by atoms with Crippen molar-refractivity contribution in [1.82, 2.24) is 5.48 Å². The van der Waals surface area contributed by atoms with E-state index in [1.807, 2.05) is 0 Å². The Kier molecular flexibility index (Phi) is 5.43. The second-order valence-electron chi connectivity index (χ2n) is 2.01. The predicted molar refractivity (Wildman–Crippen MR) is 38.1 cm³/mol. The molecule has 0 aromatic rings.